The Morgan fingerprint density at radius 2 is 1.37 bits per heavy atom. The molecule has 0 aliphatic rings. The van der Waals surface area contributed by atoms with Crippen molar-refractivity contribution in [3.8, 4) is 17.0 Å². The first-order chi connectivity index (χ1) is 13.9. The van der Waals surface area contributed by atoms with E-state index in [4.69, 9.17) is 19.0 Å². The van der Waals surface area contributed by atoms with Crippen molar-refractivity contribution < 1.29 is 23.8 Å². The normalized spacial score (nSPS) is 12.7. The van der Waals surface area contributed by atoms with Crippen LogP contribution in [-0.2, 0) is 9.47 Å². The Labute approximate surface area is 182 Å². The van der Waals surface area contributed by atoms with E-state index in [1.807, 2.05) is 24.3 Å². The molecule has 0 saturated heterocycles. The highest BCUT2D eigenvalue weighted by Crippen LogP contribution is 2.55. The average Bonchev–Trinajstić information content (AvgIpc) is 3.03. The second kappa shape index (κ2) is 9.08. The molecule has 9 heteroatoms. The second-order valence-corrected chi connectivity index (χ2v) is 23.4. The van der Waals surface area contributed by atoms with E-state index in [9.17, 15) is 9.59 Å². The van der Waals surface area contributed by atoms with E-state index in [1.54, 1.807) is 7.11 Å². The first kappa shape index (κ1) is 24.4. The van der Waals surface area contributed by atoms with Gasteiger partial charge in [0, 0.05) is 10.5 Å². The largest absolute Gasteiger partial charge is 0.497 e. The number of carbonyl (C=O) groups excluding carboxylic acids is 2. The zero-order chi connectivity index (χ0) is 22.9. The van der Waals surface area contributed by atoms with E-state index in [-0.39, 0.29) is 5.56 Å². The fraction of sp³-hybridized carbons (Fsp3) is 0.476. The summed E-state index contributed by atoms with van der Waals surface area (Å²) in [7, 11) is -0.464. The first-order valence-electron chi connectivity index (χ1n) is 9.80. The van der Waals surface area contributed by atoms with E-state index in [0.29, 0.717) is 21.6 Å². The third-order valence-corrected chi connectivity index (χ3v) is 21.3. The molecule has 164 valence electrons. The quantitative estimate of drug-likeness (QED) is 0.391. The zero-order valence-corrected chi connectivity index (χ0v) is 22.2. The summed E-state index contributed by atoms with van der Waals surface area (Å²) in [5.74, 6) is -0.339. The van der Waals surface area contributed by atoms with Gasteiger partial charge in [-0.2, -0.15) is 0 Å². The van der Waals surface area contributed by atoms with Crippen LogP contribution in [0.5, 0.6) is 5.75 Å². The van der Waals surface area contributed by atoms with Crippen LogP contribution in [-0.4, -0.2) is 54.2 Å². The van der Waals surface area contributed by atoms with Crippen LogP contribution in [0.2, 0.25) is 39.3 Å². The SMILES string of the molecule is COC(=O)c1c(-c2ccc(OC)cc2)np(C([Si](C)(C)C)[Si](C)(C)C)c1C(=O)OC. The summed E-state index contributed by atoms with van der Waals surface area (Å²) in [6.07, 6.45) is 0. The van der Waals surface area contributed by atoms with Crippen LogP contribution in [0.3, 0.4) is 0 Å². The number of esters is 2. The Morgan fingerprint density at radius 1 is 0.867 bits per heavy atom. The van der Waals surface area contributed by atoms with Gasteiger partial charge in [-0.05, 0) is 32.0 Å². The molecule has 0 fully saturated rings. The van der Waals surface area contributed by atoms with Gasteiger partial charge in [0.15, 0.2) is 0 Å². The molecule has 1 aromatic carbocycles. The van der Waals surface area contributed by atoms with Crippen LogP contribution in [0.25, 0.3) is 11.3 Å². The number of carbonyl (C=O) groups is 2. The molecule has 0 spiro atoms. The summed E-state index contributed by atoms with van der Waals surface area (Å²) in [6.45, 7) is 13.9. The lowest BCUT2D eigenvalue weighted by atomic mass is 10.1. The monoisotopic (exact) mass is 465 g/mol. The van der Waals surface area contributed by atoms with Crippen LogP contribution < -0.4 is 4.74 Å². The van der Waals surface area contributed by atoms with Gasteiger partial charge >= 0.3 is 11.9 Å². The number of nitrogens with zero attached hydrogens (tertiary/aromatic N) is 1. The summed E-state index contributed by atoms with van der Waals surface area (Å²) < 4.78 is 20.5. The maximum Gasteiger partial charge on any atom is 0.344 e. The molecular weight excluding hydrogens is 433 g/mol. The van der Waals surface area contributed by atoms with Crippen molar-refractivity contribution in [1.29, 1.82) is 0 Å². The molecule has 0 bridgehead atoms. The maximum atomic E-state index is 13.0. The van der Waals surface area contributed by atoms with Crippen molar-refractivity contribution in [3.63, 3.8) is 0 Å². The third-order valence-electron chi connectivity index (χ3n) is 4.93. The Kier molecular flexibility index (Phi) is 7.38. The predicted molar refractivity (Wildman–Crippen MR) is 127 cm³/mol. The fourth-order valence-corrected chi connectivity index (χ4v) is 23.2. The lowest BCUT2D eigenvalue weighted by Gasteiger charge is -2.38. The van der Waals surface area contributed by atoms with Gasteiger partial charge in [-0.3, -0.25) is 0 Å². The summed E-state index contributed by atoms with van der Waals surface area (Å²) in [6, 6.07) is 7.35. The summed E-state index contributed by atoms with van der Waals surface area (Å²) in [5.41, 5.74) is 1.51. The number of aromatic nitrogens is 1. The molecule has 0 aliphatic heterocycles. The Morgan fingerprint density at radius 3 is 1.77 bits per heavy atom. The molecule has 0 amide bonds. The molecule has 30 heavy (non-hydrogen) atoms. The topological polar surface area (TPSA) is 74.7 Å². The maximum absolute atomic E-state index is 13.0. The second-order valence-electron chi connectivity index (χ2n) is 9.36. The van der Waals surface area contributed by atoms with Crippen LogP contribution in [0.4, 0.5) is 0 Å². The van der Waals surface area contributed by atoms with E-state index >= 15 is 0 Å². The highest BCUT2D eigenvalue weighted by atomic mass is 31.1. The average molecular weight is 466 g/mol. The van der Waals surface area contributed by atoms with Crippen molar-refractivity contribution >= 4 is 35.8 Å². The van der Waals surface area contributed by atoms with Crippen LogP contribution in [0.15, 0.2) is 24.3 Å². The Bertz CT molecular complexity index is 913. The molecule has 0 saturated carbocycles. The molecule has 1 unspecified atom stereocenters. The fourth-order valence-electron chi connectivity index (χ4n) is 4.19. The lowest BCUT2D eigenvalue weighted by Crippen LogP contribution is -2.44. The summed E-state index contributed by atoms with van der Waals surface area (Å²) in [4.78, 5) is 26.1. The standard InChI is InChI=1S/C21H32NO5PSi2/c1-25-15-12-10-14(11-13-15)17-16(19(23)26-2)18(20(24)27-3)28(22-17)21(29(4,5)6)30(7,8)9/h10-13,21H,1-9H3. The molecule has 2 rings (SSSR count). The number of ether oxygens (including phenoxy) is 3. The molecule has 1 heterocycles. The molecule has 0 radical (unpaired) electrons. The molecule has 6 nitrogen and oxygen atoms in total. The van der Waals surface area contributed by atoms with Gasteiger partial charge < -0.3 is 14.2 Å². The molecule has 2 aromatic rings. The van der Waals surface area contributed by atoms with Gasteiger partial charge in [0.1, 0.15) is 16.6 Å². The van der Waals surface area contributed by atoms with Gasteiger partial charge in [-0.15, -0.1) is 0 Å². The minimum atomic E-state index is -1.74. The first-order valence-corrected chi connectivity index (χ1v) is 18.3. The van der Waals surface area contributed by atoms with E-state index in [2.05, 4.69) is 39.3 Å². The zero-order valence-electron chi connectivity index (χ0n) is 19.3. The van der Waals surface area contributed by atoms with Crippen molar-refractivity contribution in [2.24, 2.45) is 0 Å². The van der Waals surface area contributed by atoms with Crippen LogP contribution in [0, 0.1) is 0 Å². The van der Waals surface area contributed by atoms with Crippen molar-refractivity contribution in [3.05, 3.63) is 35.1 Å². The number of rotatable bonds is 7. The summed E-state index contributed by atoms with van der Waals surface area (Å²) in [5, 5.41) is 0.389. The lowest BCUT2D eigenvalue weighted by molar-refractivity contribution is 0.0560. The van der Waals surface area contributed by atoms with Gasteiger partial charge in [0.05, 0.1) is 43.2 Å². The molecular formula is C21H32NO5PSi2. The van der Waals surface area contributed by atoms with Crippen LogP contribution >= 0.6 is 7.69 Å². The molecule has 1 atom stereocenters. The van der Waals surface area contributed by atoms with Crippen molar-refractivity contribution in [1.82, 2.24) is 4.75 Å². The van der Waals surface area contributed by atoms with Crippen molar-refractivity contribution in [2.75, 3.05) is 21.3 Å². The predicted octanol–water partition coefficient (Wildman–Crippen LogP) is 5.61. The number of benzene rings is 1. The smallest absolute Gasteiger partial charge is 0.344 e. The minimum Gasteiger partial charge on any atom is -0.497 e. The highest BCUT2D eigenvalue weighted by molar-refractivity contribution is 7.56. The van der Waals surface area contributed by atoms with Crippen molar-refractivity contribution in [2.45, 2.75) is 44.2 Å². The molecule has 0 N–H and O–H groups in total. The summed E-state index contributed by atoms with van der Waals surface area (Å²) >= 11 is 0. The highest BCUT2D eigenvalue weighted by Gasteiger charge is 2.44. The number of methoxy groups -OCH3 is 3. The van der Waals surface area contributed by atoms with E-state index < -0.39 is 35.8 Å². The molecule has 1 aromatic heterocycles. The van der Waals surface area contributed by atoms with Gasteiger partial charge in [-0.25, -0.2) is 14.3 Å². The molecule has 0 aliphatic carbocycles. The van der Waals surface area contributed by atoms with Gasteiger partial charge in [0.25, 0.3) is 0 Å². The number of hydrogen-bond acceptors (Lipinski definition) is 6. The van der Waals surface area contributed by atoms with Crippen LogP contribution in [0.1, 0.15) is 25.4 Å². The number of hydrogen-bond donors (Lipinski definition) is 0. The van der Waals surface area contributed by atoms with Gasteiger partial charge in [-0.1, -0.05) is 39.3 Å². The van der Waals surface area contributed by atoms with E-state index in [1.165, 1.54) is 14.2 Å². The van der Waals surface area contributed by atoms with E-state index in [0.717, 1.165) is 5.56 Å². The third kappa shape index (κ3) is 4.87. The minimum absolute atomic E-state index is 0.238. The Balaban J connectivity index is 2.93. The van der Waals surface area contributed by atoms with Gasteiger partial charge in [0.2, 0.25) is 0 Å². The Hall–Kier alpha value is -1.90.